The van der Waals surface area contributed by atoms with Crippen molar-refractivity contribution in [3.8, 4) is 0 Å². The maximum absolute atomic E-state index is 12.3. The van der Waals surface area contributed by atoms with E-state index in [0.717, 1.165) is 10.9 Å². The standard InChI is InChI=1S/C15H16N6O2/c1-21-12-6-3-2-5-10(12)9-11(15(21)23)14(22)16-8-4-7-13-17-19-20-18-13/h2-3,5-6,9H,4,7-8H2,1H3,(H,16,22)(H,17,18,19,20). The number of fused-ring (bicyclic) bond motifs is 1. The van der Waals surface area contributed by atoms with Gasteiger partial charge in [-0.25, -0.2) is 0 Å². The van der Waals surface area contributed by atoms with Crippen LogP contribution in [-0.2, 0) is 13.5 Å². The molecule has 118 valence electrons. The number of benzene rings is 1. The fourth-order valence-corrected chi connectivity index (χ4v) is 2.42. The Hall–Kier alpha value is -3.03. The quantitative estimate of drug-likeness (QED) is 0.664. The van der Waals surface area contributed by atoms with Gasteiger partial charge in [-0.3, -0.25) is 9.59 Å². The van der Waals surface area contributed by atoms with E-state index in [-0.39, 0.29) is 17.0 Å². The van der Waals surface area contributed by atoms with Gasteiger partial charge in [0.25, 0.3) is 11.5 Å². The van der Waals surface area contributed by atoms with Crippen LogP contribution in [0.4, 0.5) is 0 Å². The van der Waals surface area contributed by atoms with E-state index in [9.17, 15) is 9.59 Å². The number of hydrogen-bond acceptors (Lipinski definition) is 5. The second-order valence-electron chi connectivity index (χ2n) is 5.17. The zero-order chi connectivity index (χ0) is 16.2. The Morgan fingerprint density at radius 2 is 2.17 bits per heavy atom. The second kappa shape index (κ2) is 6.39. The highest BCUT2D eigenvalue weighted by Crippen LogP contribution is 2.12. The lowest BCUT2D eigenvalue weighted by atomic mass is 10.1. The molecule has 1 amide bonds. The highest BCUT2D eigenvalue weighted by atomic mass is 16.2. The molecule has 2 aromatic heterocycles. The molecule has 0 aliphatic heterocycles. The fraction of sp³-hybridized carbons (Fsp3) is 0.267. The summed E-state index contributed by atoms with van der Waals surface area (Å²) >= 11 is 0. The summed E-state index contributed by atoms with van der Waals surface area (Å²) in [7, 11) is 1.66. The molecule has 3 aromatic rings. The van der Waals surface area contributed by atoms with Crippen LogP contribution in [0.3, 0.4) is 0 Å². The number of carbonyl (C=O) groups excluding carboxylic acids is 1. The Labute approximate surface area is 131 Å². The molecule has 1 aromatic carbocycles. The van der Waals surface area contributed by atoms with Crippen LogP contribution in [0, 0.1) is 0 Å². The van der Waals surface area contributed by atoms with Gasteiger partial charge >= 0.3 is 0 Å². The number of H-pyrrole nitrogens is 1. The largest absolute Gasteiger partial charge is 0.352 e. The van der Waals surface area contributed by atoms with E-state index in [1.807, 2.05) is 24.3 Å². The number of nitrogens with one attached hydrogen (secondary N) is 2. The van der Waals surface area contributed by atoms with E-state index in [4.69, 9.17) is 0 Å². The zero-order valence-electron chi connectivity index (χ0n) is 12.6. The Kier molecular flexibility index (Phi) is 4.13. The first-order valence-corrected chi connectivity index (χ1v) is 7.26. The average molecular weight is 312 g/mol. The van der Waals surface area contributed by atoms with E-state index < -0.39 is 0 Å². The van der Waals surface area contributed by atoms with Gasteiger partial charge in [-0.1, -0.05) is 23.4 Å². The number of tetrazole rings is 1. The molecule has 0 bridgehead atoms. The van der Waals surface area contributed by atoms with Crippen LogP contribution in [-0.4, -0.2) is 37.6 Å². The van der Waals surface area contributed by atoms with Crippen molar-refractivity contribution in [3.63, 3.8) is 0 Å². The van der Waals surface area contributed by atoms with Crippen molar-refractivity contribution in [2.75, 3.05) is 6.54 Å². The van der Waals surface area contributed by atoms with Crippen molar-refractivity contribution >= 4 is 16.8 Å². The molecule has 0 saturated carbocycles. The summed E-state index contributed by atoms with van der Waals surface area (Å²) in [5, 5.41) is 17.1. The lowest BCUT2D eigenvalue weighted by molar-refractivity contribution is 0.0951. The average Bonchev–Trinajstić information content (AvgIpc) is 3.08. The van der Waals surface area contributed by atoms with Crippen molar-refractivity contribution in [3.05, 3.63) is 52.1 Å². The fourth-order valence-electron chi connectivity index (χ4n) is 2.42. The normalized spacial score (nSPS) is 10.8. The minimum atomic E-state index is -0.371. The van der Waals surface area contributed by atoms with Gasteiger partial charge in [-0.15, -0.1) is 10.2 Å². The monoisotopic (exact) mass is 312 g/mol. The molecule has 0 atom stereocenters. The maximum Gasteiger partial charge on any atom is 0.263 e. The molecule has 2 heterocycles. The maximum atomic E-state index is 12.3. The Morgan fingerprint density at radius 1 is 1.35 bits per heavy atom. The number of para-hydroxylation sites is 1. The third kappa shape index (κ3) is 3.10. The van der Waals surface area contributed by atoms with Crippen molar-refractivity contribution in [2.45, 2.75) is 12.8 Å². The van der Waals surface area contributed by atoms with E-state index in [0.29, 0.717) is 25.2 Å². The molecule has 8 nitrogen and oxygen atoms in total. The van der Waals surface area contributed by atoms with Crippen LogP contribution < -0.4 is 10.9 Å². The number of aryl methyl sites for hydroxylation is 2. The number of aromatic amines is 1. The Balaban J connectivity index is 1.71. The topological polar surface area (TPSA) is 106 Å². The summed E-state index contributed by atoms with van der Waals surface area (Å²) in [6, 6.07) is 9.09. The summed E-state index contributed by atoms with van der Waals surface area (Å²) in [6.45, 7) is 0.434. The lowest BCUT2D eigenvalue weighted by Gasteiger charge is -2.09. The van der Waals surface area contributed by atoms with Gasteiger partial charge in [0.2, 0.25) is 0 Å². The van der Waals surface area contributed by atoms with Crippen LogP contribution in [0.1, 0.15) is 22.6 Å². The van der Waals surface area contributed by atoms with Crippen LogP contribution in [0.25, 0.3) is 10.9 Å². The molecule has 0 saturated heterocycles. The van der Waals surface area contributed by atoms with Crippen molar-refractivity contribution in [1.82, 2.24) is 30.5 Å². The van der Waals surface area contributed by atoms with Crippen molar-refractivity contribution in [2.24, 2.45) is 7.05 Å². The first-order valence-electron chi connectivity index (χ1n) is 7.26. The van der Waals surface area contributed by atoms with Gasteiger partial charge < -0.3 is 9.88 Å². The molecule has 0 aliphatic carbocycles. The molecule has 8 heteroatoms. The molecule has 3 rings (SSSR count). The van der Waals surface area contributed by atoms with Crippen molar-refractivity contribution in [1.29, 1.82) is 0 Å². The smallest absolute Gasteiger partial charge is 0.263 e. The number of aromatic nitrogens is 5. The number of hydrogen-bond donors (Lipinski definition) is 2. The summed E-state index contributed by atoms with van der Waals surface area (Å²) in [6.07, 6.45) is 1.27. The Morgan fingerprint density at radius 3 is 2.96 bits per heavy atom. The van der Waals surface area contributed by atoms with Crippen LogP contribution in [0.2, 0.25) is 0 Å². The van der Waals surface area contributed by atoms with Crippen LogP contribution in [0.15, 0.2) is 35.1 Å². The summed E-state index contributed by atoms with van der Waals surface area (Å²) in [5.74, 6) is 0.227. The minimum absolute atomic E-state index is 0.144. The molecule has 0 radical (unpaired) electrons. The second-order valence-corrected chi connectivity index (χ2v) is 5.17. The van der Waals surface area contributed by atoms with Gasteiger partial charge in [0.1, 0.15) is 5.56 Å². The van der Waals surface area contributed by atoms with Gasteiger partial charge in [0.15, 0.2) is 5.82 Å². The highest BCUT2D eigenvalue weighted by Gasteiger charge is 2.13. The number of carbonyl (C=O) groups is 1. The highest BCUT2D eigenvalue weighted by molar-refractivity contribution is 5.97. The lowest BCUT2D eigenvalue weighted by Crippen LogP contribution is -2.33. The number of rotatable bonds is 5. The molecule has 0 unspecified atom stereocenters. The zero-order valence-corrected chi connectivity index (χ0v) is 12.6. The van der Waals surface area contributed by atoms with Crippen molar-refractivity contribution < 1.29 is 4.79 Å². The molecule has 0 fully saturated rings. The minimum Gasteiger partial charge on any atom is -0.352 e. The van der Waals surface area contributed by atoms with E-state index in [1.54, 1.807) is 13.1 Å². The summed E-state index contributed by atoms with van der Waals surface area (Å²) in [5.41, 5.74) is 0.635. The van der Waals surface area contributed by atoms with Gasteiger partial charge in [0.05, 0.1) is 5.52 Å². The number of pyridine rings is 1. The van der Waals surface area contributed by atoms with E-state index in [1.165, 1.54) is 4.57 Å². The van der Waals surface area contributed by atoms with Gasteiger partial charge in [0, 0.05) is 20.0 Å². The molecule has 23 heavy (non-hydrogen) atoms. The molecular formula is C15H16N6O2. The molecule has 0 spiro atoms. The predicted octanol–water partition coefficient (Wildman–Crippen LogP) is 0.414. The molecule has 2 N–H and O–H groups in total. The van der Waals surface area contributed by atoms with E-state index >= 15 is 0 Å². The first-order chi connectivity index (χ1) is 11.2. The summed E-state index contributed by atoms with van der Waals surface area (Å²) < 4.78 is 1.49. The predicted molar refractivity (Wildman–Crippen MR) is 84.0 cm³/mol. The number of amides is 1. The molecule has 0 aliphatic rings. The number of nitrogens with zero attached hydrogens (tertiary/aromatic N) is 4. The first kappa shape index (κ1) is 14.9. The Bertz CT molecular complexity index is 885. The van der Waals surface area contributed by atoms with Crippen LogP contribution in [0.5, 0.6) is 0 Å². The van der Waals surface area contributed by atoms with E-state index in [2.05, 4.69) is 25.9 Å². The third-order valence-corrected chi connectivity index (χ3v) is 3.63. The van der Waals surface area contributed by atoms with Gasteiger partial charge in [-0.2, -0.15) is 5.21 Å². The third-order valence-electron chi connectivity index (χ3n) is 3.63. The molecular weight excluding hydrogens is 296 g/mol. The SMILES string of the molecule is Cn1c(=O)c(C(=O)NCCCc2nn[nH]n2)cc2ccccc21. The van der Waals surface area contributed by atoms with Crippen LogP contribution >= 0.6 is 0 Å². The summed E-state index contributed by atoms with van der Waals surface area (Å²) in [4.78, 5) is 24.6. The van der Waals surface area contributed by atoms with Gasteiger partial charge in [-0.05, 0) is 23.9 Å².